The molecule has 2 aromatic heterocycles. The van der Waals surface area contributed by atoms with E-state index in [-0.39, 0.29) is 23.9 Å². The summed E-state index contributed by atoms with van der Waals surface area (Å²) >= 11 is 0. The van der Waals surface area contributed by atoms with Crippen molar-refractivity contribution in [1.82, 2.24) is 29.9 Å². The zero-order valence-corrected chi connectivity index (χ0v) is 17.3. The average Bonchev–Trinajstić information content (AvgIpc) is 3.49. The SMILES string of the molecule is Cc1cccc(C(=O)N2C3CCC2C(Cc2ncc(C(F)(F)F)cn2)C3)c1-n1nccn1. The smallest absolute Gasteiger partial charge is 0.332 e. The number of hydrogen-bond donors (Lipinski definition) is 0. The number of benzene rings is 1. The third-order valence-corrected chi connectivity index (χ3v) is 6.46. The molecule has 0 saturated carbocycles. The number of aromatic nitrogens is 5. The lowest BCUT2D eigenvalue weighted by Gasteiger charge is -2.25. The van der Waals surface area contributed by atoms with Crippen LogP contribution in [0.25, 0.3) is 5.69 Å². The molecule has 2 fully saturated rings. The Morgan fingerprint density at radius 2 is 1.84 bits per heavy atom. The molecule has 3 unspecified atom stereocenters. The molecule has 3 atom stereocenters. The lowest BCUT2D eigenvalue weighted by Crippen LogP contribution is -2.37. The zero-order valence-electron chi connectivity index (χ0n) is 17.3. The van der Waals surface area contributed by atoms with Gasteiger partial charge >= 0.3 is 6.18 Å². The Morgan fingerprint density at radius 1 is 1.12 bits per heavy atom. The second kappa shape index (κ2) is 7.68. The van der Waals surface area contributed by atoms with Crippen LogP contribution in [0.4, 0.5) is 13.2 Å². The highest BCUT2D eigenvalue weighted by molar-refractivity contribution is 5.99. The molecule has 2 bridgehead atoms. The van der Waals surface area contributed by atoms with E-state index in [0.29, 0.717) is 23.5 Å². The van der Waals surface area contributed by atoms with E-state index < -0.39 is 11.7 Å². The van der Waals surface area contributed by atoms with Gasteiger partial charge in [0.2, 0.25) is 0 Å². The number of amides is 1. The van der Waals surface area contributed by atoms with Crippen LogP contribution in [0.1, 0.15) is 46.6 Å². The van der Waals surface area contributed by atoms with Crippen LogP contribution < -0.4 is 0 Å². The fraction of sp³-hybridized carbons (Fsp3) is 0.409. The number of carbonyl (C=O) groups excluding carboxylic acids is 1. The van der Waals surface area contributed by atoms with Crippen LogP contribution in [-0.2, 0) is 12.6 Å². The van der Waals surface area contributed by atoms with Crippen molar-refractivity contribution >= 4 is 5.91 Å². The van der Waals surface area contributed by atoms with Crippen molar-refractivity contribution in [3.8, 4) is 5.69 Å². The Morgan fingerprint density at radius 3 is 2.53 bits per heavy atom. The molecule has 10 heteroatoms. The minimum absolute atomic E-state index is 0.0114. The van der Waals surface area contributed by atoms with Crippen molar-refractivity contribution < 1.29 is 18.0 Å². The summed E-state index contributed by atoms with van der Waals surface area (Å²) in [7, 11) is 0. The van der Waals surface area contributed by atoms with Gasteiger partial charge in [-0.15, -0.1) is 0 Å². The number of fused-ring (bicyclic) bond motifs is 2. The second-order valence-corrected chi connectivity index (χ2v) is 8.39. The van der Waals surface area contributed by atoms with Crippen LogP contribution in [0.3, 0.4) is 0 Å². The van der Waals surface area contributed by atoms with E-state index >= 15 is 0 Å². The number of hydrogen-bond acceptors (Lipinski definition) is 5. The van der Waals surface area contributed by atoms with Gasteiger partial charge < -0.3 is 4.90 Å². The molecule has 2 aliphatic heterocycles. The second-order valence-electron chi connectivity index (χ2n) is 8.39. The summed E-state index contributed by atoms with van der Waals surface area (Å²) in [5.41, 5.74) is 1.25. The first-order valence-electron chi connectivity index (χ1n) is 10.5. The van der Waals surface area contributed by atoms with Gasteiger partial charge in [0, 0.05) is 30.9 Å². The highest BCUT2D eigenvalue weighted by atomic mass is 19.4. The van der Waals surface area contributed by atoms with Crippen LogP contribution in [0.5, 0.6) is 0 Å². The van der Waals surface area contributed by atoms with Crippen molar-refractivity contribution in [2.24, 2.45) is 5.92 Å². The molecule has 0 spiro atoms. The number of aryl methyl sites for hydroxylation is 1. The average molecular weight is 442 g/mol. The largest absolute Gasteiger partial charge is 0.419 e. The molecule has 0 N–H and O–H groups in total. The van der Waals surface area contributed by atoms with Gasteiger partial charge in [-0.1, -0.05) is 12.1 Å². The van der Waals surface area contributed by atoms with Gasteiger partial charge in [-0.25, -0.2) is 9.97 Å². The van der Waals surface area contributed by atoms with E-state index in [1.165, 1.54) is 4.80 Å². The summed E-state index contributed by atoms with van der Waals surface area (Å²) < 4.78 is 38.3. The Kier molecular flexibility index (Phi) is 4.94. The highest BCUT2D eigenvalue weighted by Crippen LogP contribution is 2.44. The lowest BCUT2D eigenvalue weighted by atomic mass is 9.86. The van der Waals surface area contributed by atoms with Crippen molar-refractivity contribution in [3.05, 3.63) is 65.5 Å². The Hall–Kier alpha value is -3.30. The van der Waals surface area contributed by atoms with E-state index in [4.69, 9.17) is 0 Å². The summed E-state index contributed by atoms with van der Waals surface area (Å²) in [5.74, 6) is 0.426. The minimum atomic E-state index is -4.46. The zero-order chi connectivity index (χ0) is 22.5. The quantitative estimate of drug-likeness (QED) is 0.617. The van der Waals surface area contributed by atoms with Crippen molar-refractivity contribution in [2.75, 3.05) is 0 Å². The molecule has 0 radical (unpaired) electrons. The number of para-hydroxylation sites is 1. The van der Waals surface area contributed by atoms with Gasteiger partial charge in [0.1, 0.15) is 11.5 Å². The molecule has 2 saturated heterocycles. The normalized spacial score (nSPS) is 22.5. The fourth-order valence-electron chi connectivity index (χ4n) is 5.06. The van der Waals surface area contributed by atoms with Gasteiger partial charge in [-0.05, 0) is 43.7 Å². The lowest BCUT2D eigenvalue weighted by molar-refractivity contribution is -0.138. The molecule has 0 aliphatic carbocycles. The van der Waals surface area contributed by atoms with Crippen LogP contribution >= 0.6 is 0 Å². The summed E-state index contributed by atoms with van der Waals surface area (Å²) in [6, 6.07) is 5.67. The van der Waals surface area contributed by atoms with Crippen molar-refractivity contribution in [1.29, 1.82) is 0 Å². The third-order valence-electron chi connectivity index (χ3n) is 6.46. The number of carbonyl (C=O) groups is 1. The van der Waals surface area contributed by atoms with Crippen LogP contribution in [-0.4, -0.2) is 47.9 Å². The summed E-state index contributed by atoms with van der Waals surface area (Å²) in [6.07, 6.45) is 3.37. The van der Waals surface area contributed by atoms with Crippen LogP contribution in [0.2, 0.25) is 0 Å². The molecule has 5 rings (SSSR count). The van der Waals surface area contributed by atoms with E-state index in [1.54, 1.807) is 18.5 Å². The van der Waals surface area contributed by atoms with E-state index in [0.717, 1.165) is 37.2 Å². The monoisotopic (exact) mass is 442 g/mol. The molecule has 4 heterocycles. The maximum atomic E-state index is 13.6. The van der Waals surface area contributed by atoms with Gasteiger partial charge in [0.25, 0.3) is 5.91 Å². The number of nitrogens with zero attached hydrogens (tertiary/aromatic N) is 6. The number of halogens is 3. The van der Waals surface area contributed by atoms with Crippen LogP contribution in [0, 0.1) is 12.8 Å². The first-order chi connectivity index (χ1) is 15.3. The molecule has 1 aromatic carbocycles. The molecule has 2 aliphatic rings. The number of alkyl halides is 3. The Bertz CT molecular complexity index is 1130. The maximum Gasteiger partial charge on any atom is 0.419 e. The van der Waals surface area contributed by atoms with Crippen LogP contribution in [0.15, 0.2) is 43.0 Å². The fourth-order valence-corrected chi connectivity index (χ4v) is 5.06. The maximum absolute atomic E-state index is 13.6. The number of rotatable bonds is 4. The van der Waals surface area contributed by atoms with Gasteiger partial charge in [-0.3, -0.25) is 4.79 Å². The summed E-state index contributed by atoms with van der Waals surface area (Å²) in [5, 5.41) is 8.41. The standard InChI is InChI=1S/C22H21F3N6O/c1-13-3-2-4-17(20(13)31-28-7-8-29-31)21(32)30-16-5-6-18(30)14(9-16)10-19-26-11-15(12-27-19)22(23,24)25/h2-4,7-8,11-12,14,16,18H,5-6,9-10H2,1H3. The first-order valence-corrected chi connectivity index (χ1v) is 10.5. The molecule has 3 aromatic rings. The van der Waals surface area contributed by atoms with Crippen molar-refractivity contribution in [2.45, 2.75) is 50.9 Å². The van der Waals surface area contributed by atoms with E-state index in [9.17, 15) is 18.0 Å². The molecular weight excluding hydrogens is 421 g/mol. The Labute approximate surface area is 182 Å². The molecule has 1 amide bonds. The summed E-state index contributed by atoms with van der Waals surface area (Å²) in [6.45, 7) is 1.92. The molecular formula is C22H21F3N6O. The highest BCUT2D eigenvalue weighted by Gasteiger charge is 2.49. The molecule has 7 nitrogen and oxygen atoms in total. The first kappa shape index (κ1) is 20.6. The minimum Gasteiger partial charge on any atom is -0.332 e. The van der Waals surface area contributed by atoms with Gasteiger partial charge in [-0.2, -0.15) is 28.2 Å². The van der Waals surface area contributed by atoms with E-state index in [2.05, 4.69) is 20.2 Å². The summed E-state index contributed by atoms with van der Waals surface area (Å²) in [4.78, 5) is 24.9. The topological polar surface area (TPSA) is 76.8 Å². The molecule has 32 heavy (non-hydrogen) atoms. The third kappa shape index (κ3) is 3.53. The predicted octanol–water partition coefficient (Wildman–Crippen LogP) is 3.62. The van der Waals surface area contributed by atoms with Crippen molar-refractivity contribution in [3.63, 3.8) is 0 Å². The Balaban J connectivity index is 1.38. The van der Waals surface area contributed by atoms with Gasteiger partial charge in [0.15, 0.2) is 0 Å². The predicted molar refractivity (Wildman–Crippen MR) is 108 cm³/mol. The molecule has 166 valence electrons. The van der Waals surface area contributed by atoms with Gasteiger partial charge in [0.05, 0.1) is 23.5 Å². The van der Waals surface area contributed by atoms with E-state index in [1.807, 2.05) is 24.0 Å².